The zero-order valence-electron chi connectivity index (χ0n) is 10.4. The third kappa shape index (κ3) is 2.88. The molecular formula is C15H11Br2NO2. The second-order valence-corrected chi connectivity index (χ2v) is 6.59. The van der Waals surface area contributed by atoms with Crippen molar-refractivity contribution >= 4 is 43.0 Å². The lowest BCUT2D eigenvalue weighted by Gasteiger charge is -2.10. The quantitative estimate of drug-likeness (QED) is 0.659. The number of aromatic amines is 1. The van der Waals surface area contributed by atoms with Gasteiger partial charge in [-0.25, -0.2) is 4.79 Å². The first-order chi connectivity index (χ1) is 9.61. The second kappa shape index (κ2) is 5.58. The molecule has 0 fully saturated rings. The van der Waals surface area contributed by atoms with Gasteiger partial charge in [0, 0.05) is 9.30 Å². The maximum absolute atomic E-state index is 11.2. The predicted molar refractivity (Wildman–Crippen MR) is 86.3 cm³/mol. The highest BCUT2D eigenvalue weighted by atomic mass is 79.9. The molecular weight excluding hydrogens is 386 g/mol. The van der Waals surface area contributed by atoms with Gasteiger partial charge in [-0.05, 0) is 41.8 Å². The average molecular weight is 397 g/mol. The molecule has 0 aliphatic heterocycles. The summed E-state index contributed by atoms with van der Waals surface area (Å²) in [5.41, 5.74) is 3.63. The maximum atomic E-state index is 11.2. The summed E-state index contributed by atoms with van der Waals surface area (Å²) in [6.45, 7) is 0. The smallest absolute Gasteiger partial charge is 0.408 e. The van der Waals surface area contributed by atoms with Gasteiger partial charge in [-0.3, -0.25) is 4.98 Å². The molecule has 3 aromatic rings. The van der Waals surface area contributed by atoms with Gasteiger partial charge in [-0.2, -0.15) is 0 Å². The van der Waals surface area contributed by atoms with Gasteiger partial charge in [0.1, 0.15) is 0 Å². The normalized spacial score (nSPS) is 12.7. The Balaban J connectivity index is 1.88. The van der Waals surface area contributed by atoms with Crippen LogP contribution in [-0.2, 0) is 6.42 Å². The van der Waals surface area contributed by atoms with Crippen molar-refractivity contribution in [2.24, 2.45) is 0 Å². The van der Waals surface area contributed by atoms with Crippen LogP contribution in [0.25, 0.3) is 11.1 Å². The fourth-order valence-electron chi connectivity index (χ4n) is 2.15. The van der Waals surface area contributed by atoms with Crippen molar-refractivity contribution in [1.82, 2.24) is 4.98 Å². The average Bonchev–Trinajstić information content (AvgIpc) is 2.77. The van der Waals surface area contributed by atoms with E-state index in [1.165, 1.54) is 5.56 Å². The lowest BCUT2D eigenvalue weighted by molar-refractivity contribution is 0.555. The number of fused-ring (bicyclic) bond motifs is 1. The van der Waals surface area contributed by atoms with Crippen molar-refractivity contribution in [3.05, 3.63) is 68.6 Å². The minimum absolute atomic E-state index is 0.168. The standard InChI is InChI=1S/C15H11Br2NO2/c16-11-3-1-2-9(6-11)7-12(17)10-4-5-13-14(8-10)20-15(19)18-13/h1-6,8,12H,7H2,(H,18,19). The summed E-state index contributed by atoms with van der Waals surface area (Å²) >= 11 is 7.17. The molecule has 0 saturated heterocycles. The molecule has 0 aliphatic rings. The maximum Gasteiger partial charge on any atom is 0.417 e. The van der Waals surface area contributed by atoms with Gasteiger partial charge in [-0.1, -0.05) is 50.1 Å². The van der Waals surface area contributed by atoms with E-state index in [1.54, 1.807) is 0 Å². The molecule has 20 heavy (non-hydrogen) atoms. The number of benzene rings is 2. The first-order valence-corrected chi connectivity index (χ1v) is 7.84. The number of halogens is 2. The lowest BCUT2D eigenvalue weighted by atomic mass is 10.0. The zero-order chi connectivity index (χ0) is 14.1. The number of rotatable bonds is 3. The number of nitrogens with one attached hydrogen (secondary N) is 1. The van der Waals surface area contributed by atoms with E-state index < -0.39 is 5.76 Å². The van der Waals surface area contributed by atoms with Crippen molar-refractivity contribution < 1.29 is 4.42 Å². The molecule has 0 radical (unpaired) electrons. The first-order valence-electron chi connectivity index (χ1n) is 6.13. The highest BCUT2D eigenvalue weighted by Crippen LogP contribution is 2.29. The van der Waals surface area contributed by atoms with Crippen LogP contribution in [0, 0.1) is 0 Å². The molecule has 3 nitrogen and oxygen atoms in total. The van der Waals surface area contributed by atoms with E-state index in [-0.39, 0.29) is 4.83 Å². The molecule has 1 unspecified atom stereocenters. The Morgan fingerprint density at radius 1 is 1.20 bits per heavy atom. The van der Waals surface area contributed by atoms with Crippen LogP contribution in [0.15, 0.2) is 56.1 Å². The van der Waals surface area contributed by atoms with Gasteiger partial charge in [0.2, 0.25) is 0 Å². The zero-order valence-corrected chi connectivity index (χ0v) is 13.6. The molecule has 0 aliphatic carbocycles. The lowest BCUT2D eigenvalue weighted by Crippen LogP contribution is -1.95. The first kappa shape index (κ1) is 13.6. The Kier molecular flexibility index (Phi) is 3.81. The molecule has 1 aromatic heterocycles. The van der Waals surface area contributed by atoms with E-state index in [9.17, 15) is 4.79 Å². The van der Waals surface area contributed by atoms with Crippen LogP contribution < -0.4 is 5.76 Å². The number of oxazole rings is 1. The van der Waals surface area contributed by atoms with E-state index >= 15 is 0 Å². The van der Waals surface area contributed by atoms with E-state index in [4.69, 9.17) is 4.42 Å². The summed E-state index contributed by atoms with van der Waals surface area (Å²) in [6.07, 6.45) is 0.861. The van der Waals surface area contributed by atoms with Crippen LogP contribution in [0.5, 0.6) is 0 Å². The number of aromatic nitrogens is 1. The summed E-state index contributed by atoms with van der Waals surface area (Å²) in [7, 11) is 0. The van der Waals surface area contributed by atoms with Crippen LogP contribution in [-0.4, -0.2) is 4.98 Å². The molecule has 0 amide bonds. The highest BCUT2D eigenvalue weighted by molar-refractivity contribution is 9.10. The summed E-state index contributed by atoms with van der Waals surface area (Å²) in [4.78, 5) is 14.0. The third-order valence-corrected chi connectivity index (χ3v) is 4.46. The molecule has 3 rings (SSSR count). The largest absolute Gasteiger partial charge is 0.417 e. The molecule has 0 bridgehead atoms. The van der Waals surface area contributed by atoms with Crippen LogP contribution in [0.1, 0.15) is 16.0 Å². The predicted octanol–water partition coefficient (Wildman–Crippen LogP) is 4.56. The van der Waals surface area contributed by atoms with Gasteiger partial charge >= 0.3 is 5.76 Å². The molecule has 102 valence electrons. The number of H-pyrrole nitrogens is 1. The summed E-state index contributed by atoms with van der Waals surface area (Å²) in [5.74, 6) is -0.421. The Morgan fingerprint density at radius 2 is 2.05 bits per heavy atom. The molecule has 0 saturated carbocycles. The minimum Gasteiger partial charge on any atom is -0.408 e. The van der Waals surface area contributed by atoms with Gasteiger partial charge in [0.05, 0.1) is 5.52 Å². The van der Waals surface area contributed by atoms with Gasteiger partial charge in [0.15, 0.2) is 5.58 Å². The third-order valence-electron chi connectivity index (χ3n) is 3.11. The van der Waals surface area contributed by atoms with Crippen LogP contribution in [0.3, 0.4) is 0 Å². The van der Waals surface area contributed by atoms with Crippen LogP contribution in [0.4, 0.5) is 0 Å². The monoisotopic (exact) mass is 395 g/mol. The SMILES string of the molecule is O=c1[nH]c2ccc(C(Br)Cc3cccc(Br)c3)cc2o1. The van der Waals surface area contributed by atoms with Crippen molar-refractivity contribution in [2.75, 3.05) is 0 Å². The number of hydrogen-bond donors (Lipinski definition) is 1. The van der Waals surface area contributed by atoms with Crippen molar-refractivity contribution in [1.29, 1.82) is 0 Å². The van der Waals surface area contributed by atoms with E-state index in [0.717, 1.165) is 22.0 Å². The van der Waals surface area contributed by atoms with Gasteiger partial charge in [0.25, 0.3) is 0 Å². The number of hydrogen-bond acceptors (Lipinski definition) is 2. The Labute approximate surface area is 132 Å². The van der Waals surface area contributed by atoms with E-state index in [2.05, 4.69) is 49.0 Å². The summed E-state index contributed by atoms with van der Waals surface area (Å²) < 4.78 is 6.16. The molecule has 1 heterocycles. The van der Waals surface area contributed by atoms with Crippen molar-refractivity contribution in [2.45, 2.75) is 11.2 Å². The Bertz CT molecular complexity index is 807. The van der Waals surface area contributed by atoms with Crippen LogP contribution in [0.2, 0.25) is 0 Å². The second-order valence-electron chi connectivity index (χ2n) is 4.57. The Hall–Kier alpha value is -1.33. The molecule has 1 atom stereocenters. The Morgan fingerprint density at radius 3 is 2.85 bits per heavy atom. The van der Waals surface area contributed by atoms with Crippen LogP contribution >= 0.6 is 31.9 Å². The van der Waals surface area contributed by atoms with E-state index in [0.29, 0.717) is 5.58 Å². The molecule has 2 aromatic carbocycles. The highest BCUT2D eigenvalue weighted by Gasteiger charge is 2.11. The fourth-order valence-corrected chi connectivity index (χ4v) is 3.25. The van der Waals surface area contributed by atoms with Crippen molar-refractivity contribution in [3.63, 3.8) is 0 Å². The minimum atomic E-state index is -0.421. The van der Waals surface area contributed by atoms with Crippen molar-refractivity contribution in [3.8, 4) is 0 Å². The topological polar surface area (TPSA) is 46.0 Å². The summed E-state index contributed by atoms with van der Waals surface area (Å²) in [6, 6.07) is 14.0. The van der Waals surface area contributed by atoms with Gasteiger partial charge in [-0.15, -0.1) is 0 Å². The molecule has 5 heteroatoms. The van der Waals surface area contributed by atoms with E-state index in [1.807, 2.05) is 30.3 Å². The molecule has 1 N–H and O–H groups in total. The fraction of sp³-hybridized carbons (Fsp3) is 0.133. The number of alkyl halides is 1. The summed E-state index contributed by atoms with van der Waals surface area (Å²) in [5, 5.41) is 0. The van der Waals surface area contributed by atoms with Gasteiger partial charge < -0.3 is 4.42 Å². The molecule has 0 spiro atoms.